The summed E-state index contributed by atoms with van der Waals surface area (Å²) in [6, 6.07) is 8.37. The van der Waals surface area contributed by atoms with E-state index in [0.717, 1.165) is 35.4 Å². The highest BCUT2D eigenvalue weighted by Crippen LogP contribution is 2.22. The number of imidazole rings is 1. The normalized spacial score (nSPS) is 11.3. The van der Waals surface area contributed by atoms with Crippen molar-refractivity contribution >= 4 is 23.4 Å². The zero-order valence-corrected chi connectivity index (χ0v) is 12.8. The number of aryl methyl sites for hydroxylation is 3. The molecular weight excluding hydrogens is 268 g/mol. The van der Waals surface area contributed by atoms with Gasteiger partial charge in [-0.1, -0.05) is 31.0 Å². The fraction of sp³-hybridized carbons (Fsp3) is 0.333. The van der Waals surface area contributed by atoms with Crippen molar-refractivity contribution in [2.24, 2.45) is 7.05 Å². The highest BCUT2D eigenvalue weighted by atomic mass is 32.1. The van der Waals surface area contributed by atoms with Crippen LogP contribution >= 0.6 is 12.2 Å². The number of benzene rings is 1. The summed E-state index contributed by atoms with van der Waals surface area (Å²) in [5.41, 5.74) is 5.48. The minimum atomic E-state index is 0.717. The number of hydrogen-bond donors (Lipinski definition) is 1. The quantitative estimate of drug-likeness (QED) is 0.746. The molecule has 3 aromatic rings. The SMILES string of the molecule is CCCc1nn(C)c2c1[nH]c(=S)n2-c1ccc(C)cc1. The van der Waals surface area contributed by atoms with Crippen molar-refractivity contribution in [2.45, 2.75) is 26.7 Å². The van der Waals surface area contributed by atoms with E-state index >= 15 is 0 Å². The minimum Gasteiger partial charge on any atom is -0.327 e. The molecule has 1 N–H and O–H groups in total. The molecule has 0 amide bonds. The van der Waals surface area contributed by atoms with Crippen molar-refractivity contribution in [1.82, 2.24) is 19.3 Å². The second-order valence-electron chi connectivity index (χ2n) is 5.12. The van der Waals surface area contributed by atoms with E-state index in [4.69, 9.17) is 12.2 Å². The maximum Gasteiger partial charge on any atom is 0.184 e. The number of aromatic nitrogens is 4. The lowest BCUT2D eigenvalue weighted by Crippen LogP contribution is -2.01. The van der Waals surface area contributed by atoms with Gasteiger partial charge in [-0.05, 0) is 37.7 Å². The van der Waals surface area contributed by atoms with Gasteiger partial charge >= 0.3 is 0 Å². The van der Waals surface area contributed by atoms with E-state index < -0.39 is 0 Å². The third kappa shape index (κ3) is 1.98. The number of rotatable bonds is 3. The molecule has 0 aliphatic carbocycles. The maximum absolute atomic E-state index is 5.49. The summed E-state index contributed by atoms with van der Waals surface area (Å²) < 4.78 is 4.68. The van der Waals surface area contributed by atoms with Crippen LogP contribution in [0.5, 0.6) is 0 Å². The van der Waals surface area contributed by atoms with Gasteiger partial charge in [0.25, 0.3) is 0 Å². The first-order valence-electron chi connectivity index (χ1n) is 6.85. The molecule has 104 valence electrons. The summed E-state index contributed by atoms with van der Waals surface area (Å²) in [7, 11) is 1.97. The van der Waals surface area contributed by atoms with Gasteiger partial charge in [0.05, 0.1) is 5.69 Å². The molecule has 0 unspecified atom stereocenters. The monoisotopic (exact) mass is 286 g/mol. The predicted molar refractivity (Wildman–Crippen MR) is 84.0 cm³/mol. The molecular formula is C15H18N4S. The van der Waals surface area contributed by atoms with Gasteiger partial charge in [0, 0.05) is 12.7 Å². The first-order valence-corrected chi connectivity index (χ1v) is 7.26. The van der Waals surface area contributed by atoms with Crippen LogP contribution in [0.2, 0.25) is 0 Å². The molecule has 1 aromatic carbocycles. The standard InChI is InChI=1S/C15H18N4S/c1-4-5-12-13-14(18(3)17-12)19(15(20)16-13)11-8-6-10(2)7-9-11/h6-9H,4-5H2,1-3H3,(H,16,20). The van der Waals surface area contributed by atoms with Gasteiger partial charge in [-0.25, -0.2) is 4.68 Å². The molecule has 20 heavy (non-hydrogen) atoms. The lowest BCUT2D eigenvalue weighted by atomic mass is 10.2. The Bertz CT molecular complexity index is 805. The van der Waals surface area contributed by atoms with Gasteiger partial charge in [-0.15, -0.1) is 0 Å². The molecule has 2 aromatic heterocycles. The summed E-state index contributed by atoms with van der Waals surface area (Å²) >= 11 is 5.49. The third-order valence-electron chi connectivity index (χ3n) is 3.52. The van der Waals surface area contributed by atoms with E-state index in [0.29, 0.717) is 4.77 Å². The molecule has 0 aliphatic heterocycles. The number of H-pyrrole nitrogens is 1. The molecule has 0 saturated heterocycles. The first-order chi connectivity index (χ1) is 9.61. The van der Waals surface area contributed by atoms with Crippen molar-refractivity contribution in [2.75, 3.05) is 0 Å². The second-order valence-corrected chi connectivity index (χ2v) is 5.51. The van der Waals surface area contributed by atoms with Crippen molar-refractivity contribution in [3.63, 3.8) is 0 Å². The number of fused-ring (bicyclic) bond motifs is 1. The van der Waals surface area contributed by atoms with Crippen LogP contribution in [0.15, 0.2) is 24.3 Å². The van der Waals surface area contributed by atoms with Crippen molar-refractivity contribution in [3.05, 3.63) is 40.3 Å². The Morgan fingerprint density at radius 2 is 1.95 bits per heavy atom. The Balaban J connectivity index is 2.28. The Morgan fingerprint density at radius 1 is 1.25 bits per heavy atom. The van der Waals surface area contributed by atoms with Crippen LogP contribution in [0, 0.1) is 11.7 Å². The average Bonchev–Trinajstić information content (AvgIpc) is 2.90. The van der Waals surface area contributed by atoms with Gasteiger partial charge in [-0.2, -0.15) is 5.10 Å². The summed E-state index contributed by atoms with van der Waals surface area (Å²) in [6.45, 7) is 4.24. The van der Waals surface area contributed by atoms with Crippen molar-refractivity contribution < 1.29 is 0 Å². The Labute approximate surface area is 123 Å². The van der Waals surface area contributed by atoms with Gasteiger partial charge in [0.15, 0.2) is 10.4 Å². The summed E-state index contributed by atoms with van der Waals surface area (Å²) in [5.74, 6) is 0. The van der Waals surface area contributed by atoms with E-state index in [1.54, 1.807) is 0 Å². The zero-order chi connectivity index (χ0) is 14.3. The van der Waals surface area contributed by atoms with Crippen LogP contribution in [-0.4, -0.2) is 19.3 Å². The van der Waals surface area contributed by atoms with E-state index in [-0.39, 0.29) is 0 Å². The van der Waals surface area contributed by atoms with E-state index in [9.17, 15) is 0 Å². The summed E-state index contributed by atoms with van der Waals surface area (Å²) in [4.78, 5) is 3.31. The molecule has 0 bridgehead atoms. The lowest BCUT2D eigenvalue weighted by molar-refractivity contribution is 0.735. The molecule has 0 radical (unpaired) electrons. The fourth-order valence-electron chi connectivity index (χ4n) is 2.56. The number of nitrogens with one attached hydrogen (secondary N) is 1. The van der Waals surface area contributed by atoms with Gasteiger partial charge in [0.2, 0.25) is 0 Å². The number of aromatic amines is 1. The molecule has 0 fully saturated rings. The minimum absolute atomic E-state index is 0.717. The van der Waals surface area contributed by atoms with Crippen LogP contribution in [0.1, 0.15) is 24.6 Å². The van der Waals surface area contributed by atoms with Gasteiger partial charge < -0.3 is 4.98 Å². The summed E-state index contributed by atoms with van der Waals surface area (Å²) in [6.07, 6.45) is 2.03. The molecule has 2 heterocycles. The molecule has 0 spiro atoms. The number of nitrogens with zero attached hydrogens (tertiary/aromatic N) is 3. The topological polar surface area (TPSA) is 38.5 Å². The summed E-state index contributed by atoms with van der Waals surface area (Å²) in [5, 5.41) is 4.60. The molecule has 4 nitrogen and oxygen atoms in total. The van der Waals surface area contributed by atoms with Gasteiger partial charge in [0.1, 0.15) is 5.52 Å². The average molecular weight is 286 g/mol. The molecule has 0 atom stereocenters. The Morgan fingerprint density at radius 3 is 2.60 bits per heavy atom. The number of hydrogen-bond acceptors (Lipinski definition) is 2. The Kier molecular flexibility index (Phi) is 3.22. The highest BCUT2D eigenvalue weighted by Gasteiger charge is 2.15. The van der Waals surface area contributed by atoms with E-state index in [2.05, 4.69) is 52.8 Å². The smallest absolute Gasteiger partial charge is 0.184 e. The van der Waals surface area contributed by atoms with Crippen LogP contribution in [0.3, 0.4) is 0 Å². The van der Waals surface area contributed by atoms with Crippen LogP contribution < -0.4 is 0 Å². The first kappa shape index (κ1) is 13.1. The Hall–Kier alpha value is -1.88. The molecule has 0 aliphatic rings. The van der Waals surface area contributed by atoms with E-state index in [1.807, 2.05) is 11.7 Å². The zero-order valence-electron chi connectivity index (χ0n) is 12.0. The fourth-order valence-corrected chi connectivity index (χ4v) is 2.85. The maximum atomic E-state index is 5.49. The molecule has 5 heteroatoms. The van der Waals surface area contributed by atoms with Crippen LogP contribution in [0.4, 0.5) is 0 Å². The lowest BCUT2D eigenvalue weighted by Gasteiger charge is -2.05. The van der Waals surface area contributed by atoms with Crippen LogP contribution in [0.25, 0.3) is 16.9 Å². The third-order valence-corrected chi connectivity index (χ3v) is 3.80. The van der Waals surface area contributed by atoms with Crippen LogP contribution in [-0.2, 0) is 13.5 Å². The highest BCUT2D eigenvalue weighted by molar-refractivity contribution is 7.71. The van der Waals surface area contributed by atoms with Crippen molar-refractivity contribution in [1.29, 1.82) is 0 Å². The molecule has 0 saturated carbocycles. The largest absolute Gasteiger partial charge is 0.327 e. The van der Waals surface area contributed by atoms with Gasteiger partial charge in [-0.3, -0.25) is 4.57 Å². The van der Waals surface area contributed by atoms with E-state index in [1.165, 1.54) is 5.56 Å². The predicted octanol–water partition coefficient (Wildman–Crippen LogP) is 3.68. The van der Waals surface area contributed by atoms with Crippen molar-refractivity contribution in [3.8, 4) is 5.69 Å². The second kappa shape index (κ2) is 4.90. The molecule has 3 rings (SSSR count).